The lowest BCUT2D eigenvalue weighted by atomic mass is 9.43. The normalized spacial score (nSPS) is 54.5. The fraction of sp³-hybridized carbons (Fsp3) is 1.00. The Morgan fingerprint density at radius 1 is 1.04 bits per heavy atom. The van der Waals surface area contributed by atoms with Gasteiger partial charge < -0.3 is 20.1 Å². The van der Waals surface area contributed by atoms with Gasteiger partial charge in [0.2, 0.25) is 0 Å². The van der Waals surface area contributed by atoms with Crippen LogP contribution in [0.3, 0.4) is 0 Å². The third kappa shape index (κ3) is 3.01. The van der Waals surface area contributed by atoms with Crippen LogP contribution in [0.2, 0.25) is 0 Å². The molecule has 0 aliphatic heterocycles. The van der Waals surface area contributed by atoms with Crippen molar-refractivity contribution in [2.75, 3.05) is 20.3 Å². The number of aliphatic hydroxyl groups is 3. The summed E-state index contributed by atoms with van der Waals surface area (Å²) in [6.45, 7) is 7.70. The molecular formula is C24H42O4. The van der Waals surface area contributed by atoms with Crippen LogP contribution in [0.15, 0.2) is 0 Å². The van der Waals surface area contributed by atoms with Gasteiger partial charge in [0, 0.05) is 13.7 Å². The lowest BCUT2D eigenvalue weighted by molar-refractivity contribution is -0.198. The minimum atomic E-state index is -0.686. The van der Waals surface area contributed by atoms with E-state index in [2.05, 4.69) is 20.8 Å². The first-order valence-corrected chi connectivity index (χ1v) is 11.7. The van der Waals surface area contributed by atoms with E-state index in [4.69, 9.17) is 4.74 Å². The van der Waals surface area contributed by atoms with Gasteiger partial charge in [-0.15, -0.1) is 0 Å². The largest absolute Gasteiger partial charge is 0.396 e. The molecule has 28 heavy (non-hydrogen) atoms. The van der Waals surface area contributed by atoms with Gasteiger partial charge in [-0.05, 0) is 97.7 Å². The zero-order valence-corrected chi connectivity index (χ0v) is 18.4. The number of methoxy groups -OCH3 is 1. The van der Waals surface area contributed by atoms with Crippen LogP contribution in [0.4, 0.5) is 0 Å². The Labute approximate surface area is 171 Å². The lowest BCUT2D eigenvalue weighted by Crippen LogP contribution is -2.61. The second kappa shape index (κ2) is 7.21. The van der Waals surface area contributed by atoms with Gasteiger partial charge >= 0.3 is 0 Å². The molecule has 4 nitrogen and oxygen atoms in total. The summed E-state index contributed by atoms with van der Waals surface area (Å²) in [5.41, 5.74) is -0.392. The highest BCUT2D eigenvalue weighted by Crippen LogP contribution is 2.68. The van der Waals surface area contributed by atoms with Gasteiger partial charge in [-0.2, -0.15) is 0 Å². The topological polar surface area (TPSA) is 69.9 Å². The highest BCUT2D eigenvalue weighted by molar-refractivity contribution is 5.13. The highest BCUT2D eigenvalue weighted by atomic mass is 16.5. The van der Waals surface area contributed by atoms with E-state index in [0.717, 1.165) is 25.7 Å². The summed E-state index contributed by atoms with van der Waals surface area (Å²) in [5.74, 6) is 2.97. The maximum Gasteiger partial charge on any atom is 0.0883 e. The van der Waals surface area contributed by atoms with Gasteiger partial charge in [0.05, 0.1) is 18.3 Å². The summed E-state index contributed by atoms with van der Waals surface area (Å²) >= 11 is 0. The number of ether oxygens (including phenoxy) is 1. The van der Waals surface area contributed by atoms with Gasteiger partial charge in [0.25, 0.3) is 0 Å². The second-order valence-corrected chi connectivity index (χ2v) is 11.6. The summed E-state index contributed by atoms with van der Waals surface area (Å²) < 4.78 is 5.32. The maximum absolute atomic E-state index is 11.5. The molecule has 0 radical (unpaired) electrons. The van der Waals surface area contributed by atoms with E-state index in [0.29, 0.717) is 42.1 Å². The first-order chi connectivity index (χ1) is 13.2. The molecule has 3 N–H and O–H groups in total. The summed E-state index contributed by atoms with van der Waals surface area (Å²) in [7, 11) is 1.68. The van der Waals surface area contributed by atoms with Crippen LogP contribution in [0.25, 0.3) is 0 Å². The van der Waals surface area contributed by atoms with Crippen molar-refractivity contribution < 1.29 is 20.1 Å². The van der Waals surface area contributed by atoms with Gasteiger partial charge in [-0.3, -0.25) is 0 Å². The van der Waals surface area contributed by atoms with E-state index < -0.39 is 5.60 Å². The summed E-state index contributed by atoms with van der Waals surface area (Å²) in [5, 5.41) is 32.3. The molecule has 0 aromatic heterocycles. The molecular weight excluding hydrogens is 352 g/mol. The molecule has 4 heteroatoms. The van der Waals surface area contributed by atoms with Crippen LogP contribution in [0.5, 0.6) is 0 Å². The Bertz CT molecular complexity index is 581. The molecule has 4 aliphatic rings. The van der Waals surface area contributed by atoms with Crippen LogP contribution < -0.4 is 0 Å². The molecule has 0 aromatic rings. The van der Waals surface area contributed by atoms with Gasteiger partial charge in [0.1, 0.15) is 0 Å². The Balaban J connectivity index is 1.60. The molecule has 10 atom stereocenters. The molecule has 0 heterocycles. The van der Waals surface area contributed by atoms with Crippen molar-refractivity contribution in [2.24, 2.45) is 46.3 Å². The fourth-order valence-corrected chi connectivity index (χ4v) is 8.95. The van der Waals surface area contributed by atoms with Crippen molar-refractivity contribution in [3.8, 4) is 0 Å². The molecule has 0 amide bonds. The summed E-state index contributed by atoms with van der Waals surface area (Å²) in [6.07, 6.45) is 8.05. The molecule has 0 aromatic carbocycles. The van der Waals surface area contributed by atoms with Crippen LogP contribution in [0.1, 0.15) is 72.1 Å². The van der Waals surface area contributed by atoms with Gasteiger partial charge in [0.15, 0.2) is 0 Å². The average Bonchev–Trinajstić information content (AvgIpc) is 2.98. The second-order valence-electron chi connectivity index (χ2n) is 11.6. The number of hydrogen-bond acceptors (Lipinski definition) is 4. The van der Waals surface area contributed by atoms with E-state index in [1.54, 1.807) is 7.11 Å². The van der Waals surface area contributed by atoms with E-state index in [9.17, 15) is 15.3 Å². The summed E-state index contributed by atoms with van der Waals surface area (Å²) in [4.78, 5) is 0. The van der Waals surface area contributed by atoms with Crippen LogP contribution in [0, 0.1) is 46.3 Å². The Morgan fingerprint density at radius 3 is 2.46 bits per heavy atom. The standard InChI is InChI=1S/C24H42O4/c1-15(13-25)18-7-8-19-17-6-5-16-11-24(27,14-28-4)10-9-22(16,2)21(17)20(26)12-23(18,19)3/h15-21,25-27H,5-14H2,1-4H3/t15?,16-,17+,18-,19+,20-,21-,22+,23-,24-/m1/s1. The van der Waals surface area contributed by atoms with Crippen LogP contribution in [-0.4, -0.2) is 47.3 Å². The molecule has 0 spiro atoms. The minimum Gasteiger partial charge on any atom is -0.396 e. The van der Waals surface area contributed by atoms with Gasteiger partial charge in [-0.1, -0.05) is 20.8 Å². The van der Waals surface area contributed by atoms with E-state index >= 15 is 0 Å². The monoisotopic (exact) mass is 394 g/mol. The number of hydrogen-bond donors (Lipinski definition) is 3. The Kier molecular flexibility index (Phi) is 5.43. The predicted molar refractivity (Wildman–Crippen MR) is 110 cm³/mol. The van der Waals surface area contributed by atoms with Crippen molar-refractivity contribution in [3.05, 3.63) is 0 Å². The Hall–Kier alpha value is -0.160. The van der Waals surface area contributed by atoms with Gasteiger partial charge in [-0.25, -0.2) is 0 Å². The molecule has 0 bridgehead atoms. The van der Waals surface area contributed by atoms with E-state index in [1.807, 2.05) is 0 Å². The van der Waals surface area contributed by atoms with Crippen molar-refractivity contribution in [3.63, 3.8) is 0 Å². The van der Waals surface area contributed by atoms with Crippen molar-refractivity contribution in [1.82, 2.24) is 0 Å². The smallest absolute Gasteiger partial charge is 0.0883 e. The number of rotatable bonds is 4. The quantitative estimate of drug-likeness (QED) is 0.681. The number of fused-ring (bicyclic) bond motifs is 5. The predicted octanol–water partition coefficient (Wildman–Crippen LogP) is 3.62. The summed E-state index contributed by atoms with van der Waals surface area (Å²) in [6, 6.07) is 0. The molecule has 0 saturated heterocycles. The minimum absolute atomic E-state index is 0.129. The fourth-order valence-electron chi connectivity index (χ4n) is 8.95. The molecule has 4 fully saturated rings. The molecule has 1 unspecified atom stereocenters. The SMILES string of the molecule is COC[C@@]1(O)CC[C@@]2(C)[C@H](CC[C@@H]3[C@@H]2[C@H](O)C[C@]2(C)[C@@H](C(C)CO)CC[C@@H]32)C1. The first-order valence-electron chi connectivity index (χ1n) is 11.7. The number of aliphatic hydroxyl groups excluding tert-OH is 2. The van der Waals surface area contributed by atoms with Crippen LogP contribution >= 0.6 is 0 Å². The zero-order valence-electron chi connectivity index (χ0n) is 18.4. The zero-order chi connectivity index (χ0) is 20.3. The Morgan fingerprint density at radius 2 is 1.79 bits per heavy atom. The molecule has 4 saturated carbocycles. The van der Waals surface area contributed by atoms with Crippen LogP contribution in [-0.2, 0) is 4.74 Å². The molecule has 162 valence electrons. The third-order valence-corrected chi connectivity index (χ3v) is 10.2. The van der Waals surface area contributed by atoms with Crippen molar-refractivity contribution in [2.45, 2.75) is 83.8 Å². The molecule has 4 rings (SSSR count). The maximum atomic E-state index is 11.5. The highest BCUT2D eigenvalue weighted by Gasteiger charge is 2.64. The third-order valence-electron chi connectivity index (χ3n) is 10.2. The average molecular weight is 395 g/mol. The molecule has 4 aliphatic carbocycles. The van der Waals surface area contributed by atoms with Crippen molar-refractivity contribution in [1.29, 1.82) is 0 Å². The first kappa shape index (κ1) is 21.1. The lowest BCUT2D eigenvalue weighted by Gasteiger charge is -2.63. The van der Waals surface area contributed by atoms with E-state index in [-0.39, 0.29) is 23.5 Å². The van der Waals surface area contributed by atoms with E-state index in [1.165, 1.54) is 25.7 Å². The van der Waals surface area contributed by atoms with Crippen molar-refractivity contribution >= 4 is 0 Å².